The molecule has 2 heteroatoms. The first-order valence-corrected chi connectivity index (χ1v) is 7.36. The Morgan fingerprint density at radius 3 is 2.39 bits per heavy atom. The highest BCUT2D eigenvalue weighted by molar-refractivity contribution is 5.25. The first-order valence-electron chi connectivity index (χ1n) is 7.36. The van der Waals surface area contributed by atoms with Crippen molar-refractivity contribution in [1.82, 2.24) is 4.90 Å². The van der Waals surface area contributed by atoms with Gasteiger partial charge in [-0.15, -0.1) is 0 Å². The lowest BCUT2D eigenvalue weighted by Gasteiger charge is -2.29. The molecule has 2 nitrogen and oxygen atoms in total. The molecular weight excluding hydrogens is 220 g/mol. The summed E-state index contributed by atoms with van der Waals surface area (Å²) in [4.78, 5) is 2.51. The number of piperidine rings is 1. The Bertz CT molecular complexity index is 339. The van der Waals surface area contributed by atoms with E-state index in [1.54, 1.807) is 0 Å². The summed E-state index contributed by atoms with van der Waals surface area (Å²) in [5.74, 6) is 0. The minimum absolute atomic E-state index is 0.166. The number of likely N-dealkylation sites (tertiary alicyclic amines) is 1. The third-order valence-electron chi connectivity index (χ3n) is 3.85. The molecular formula is C16H26N2. The molecule has 1 unspecified atom stereocenters. The Morgan fingerprint density at radius 1 is 1.11 bits per heavy atom. The van der Waals surface area contributed by atoms with Crippen molar-refractivity contribution in [3.8, 4) is 0 Å². The summed E-state index contributed by atoms with van der Waals surface area (Å²) in [5.41, 5.74) is 9.01. The predicted octanol–water partition coefficient (Wildman–Crippen LogP) is 3.12. The van der Waals surface area contributed by atoms with Crippen molar-refractivity contribution >= 4 is 0 Å². The second kappa shape index (κ2) is 6.91. The normalized spacial score (nSPS) is 18.8. The molecule has 1 fully saturated rings. The largest absolute Gasteiger partial charge is 0.323 e. The Morgan fingerprint density at radius 2 is 1.78 bits per heavy atom. The van der Waals surface area contributed by atoms with Gasteiger partial charge in [0.1, 0.15) is 0 Å². The van der Waals surface area contributed by atoms with Crippen LogP contribution in [0.4, 0.5) is 0 Å². The summed E-state index contributed by atoms with van der Waals surface area (Å²) in [5, 5.41) is 0. The van der Waals surface area contributed by atoms with E-state index in [4.69, 9.17) is 5.73 Å². The van der Waals surface area contributed by atoms with E-state index in [0.29, 0.717) is 0 Å². The number of hydrogen-bond acceptors (Lipinski definition) is 2. The summed E-state index contributed by atoms with van der Waals surface area (Å²) >= 11 is 0. The minimum Gasteiger partial charge on any atom is -0.323 e. The van der Waals surface area contributed by atoms with Crippen molar-refractivity contribution in [1.29, 1.82) is 0 Å². The molecule has 18 heavy (non-hydrogen) atoms. The average Bonchev–Trinajstić information content (AvgIpc) is 2.41. The summed E-state index contributed by atoms with van der Waals surface area (Å²) in [6.07, 6.45) is 6.43. The highest BCUT2D eigenvalue weighted by Gasteiger charge is 2.14. The van der Waals surface area contributed by atoms with E-state index in [-0.39, 0.29) is 6.04 Å². The lowest BCUT2D eigenvalue weighted by atomic mass is 10.0. The molecule has 0 bridgehead atoms. The number of hydrogen-bond donors (Lipinski definition) is 1. The lowest BCUT2D eigenvalue weighted by molar-refractivity contribution is 0.216. The van der Waals surface area contributed by atoms with Gasteiger partial charge in [0.2, 0.25) is 0 Å². The van der Waals surface area contributed by atoms with Gasteiger partial charge in [-0.2, -0.15) is 0 Å². The fraction of sp³-hybridized carbons (Fsp3) is 0.625. The maximum atomic E-state index is 6.31. The van der Waals surface area contributed by atoms with E-state index in [1.165, 1.54) is 56.3 Å². The number of nitrogens with two attached hydrogens (primary N) is 1. The molecule has 1 saturated heterocycles. The van der Waals surface area contributed by atoms with Gasteiger partial charge < -0.3 is 10.6 Å². The molecule has 0 spiro atoms. The molecule has 100 valence electrons. The molecule has 0 saturated carbocycles. The molecule has 0 aromatic heterocycles. The second-order valence-corrected chi connectivity index (χ2v) is 5.46. The SMILES string of the molecule is CCCc1ccc(C(N)CN2CCCCC2)cc1. The summed E-state index contributed by atoms with van der Waals surface area (Å²) in [7, 11) is 0. The molecule has 1 aromatic rings. The Kier molecular flexibility index (Phi) is 5.21. The van der Waals surface area contributed by atoms with Crippen molar-refractivity contribution in [2.24, 2.45) is 5.73 Å². The highest BCUT2D eigenvalue weighted by Crippen LogP contribution is 2.16. The van der Waals surface area contributed by atoms with E-state index in [1.807, 2.05) is 0 Å². The van der Waals surface area contributed by atoms with Gasteiger partial charge in [0, 0.05) is 12.6 Å². The summed E-state index contributed by atoms with van der Waals surface area (Å²) in [6, 6.07) is 9.04. The molecule has 2 rings (SSSR count). The van der Waals surface area contributed by atoms with Crippen molar-refractivity contribution in [2.45, 2.75) is 45.1 Å². The van der Waals surface area contributed by atoms with Crippen LogP contribution >= 0.6 is 0 Å². The lowest BCUT2D eigenvalue weighted by Crippen LogP contribution is -2.36. The van der Waals surface area contributed by atoms with Crippen LogP contribution in [0, 0.1) is 0 Å². The quantitative estimate of drug-likeness (QED) is 0.865. The van der Waals surface area contributed by atoms with Gasteiger partial charge in [0.25, 0.3) is 0 Å². The smallest absolute Gasteiger partial charge is 0.0424 e. The fourth-order valence-corrected chi connectivity index (χ4v) is 2.75. The molecule has 1 atom stereocenters. The molecule has 1 aliphatic heterocycles. The topological polar surface area (TPSA) is 29.3 Å². The van der Waals surface area contributed by atoms with Crippen LogP contribution in [-0.4, -0.2) is 24.5 Å². The minimum atomic E-state index is 0.166. The predicted molar refractivity (Wildman–Crippen MR) is 77.7 cm³/mol. The summed E-state index contributed by atoms with van der Waals surface area (Å²) < 4.78 is 0. The van der Waals surface area contributed by atoms with E-state index >= 15 is 0 Å². The maximum absolute atomic E-state index is 6.31. The monoisotopic (exact) mass is 246 g/mol. The second-order valence-electron chi connectivity index (χ2n) is 5.46. The van der Waals surface area contributed by atoms with Gasteiger partial charge in [0.15, 0.2) is 0 Å². The summed E-state index contributed by atoms with van der Waals surface area (Å²) in [6.45, 7) is 5.67. The van der Waals surface area contributed by atoms with Gasteiger partial charge >= 0.3 is 0 Å². The van der Waals surface area contributed by atoms with Crippen molar-refractivity contribution in [3.63, 3.8) is 0 Å². The van der Waals surface area contributed by atoms with Crippen molar-refractivity contribution in [3.05, 3.63) is 35.4 Å². The molecule has 0 aliphatic carbocycles. The van der Waals surface area contributed by atoms with Crippen LogP contribution < -0.4 is 5.73 Å². The highest BCUT2D eigenvalue weighted by atomic mass is 15.1. The Labute approximate surface area is 111 Å². The van der Waals surface area contributed by atoms with E-state index < -0.39 is 0 Å². The zero-order valence-corrected chi connectivity index (χ0v) is 11.6. The molecule has 2 N–H and O–H groups in total. The maximum Gasteiger partial charge on any atom is 0.0424 e. The Balaban J connectivity index is 1.89. The number of nitrogens with zero attached hydrogens (tertiary/aromatic N) is 1. The van der Waals surface area contributed by atoms with Crippen LogP contribution in [0.5, 0.6) is 0 Å². The zero-order valence-electron chi connectivity index (χ0n) is 11.6. The number of aryl methyl sites for hydroxylation is 1. The first-order chi connectivity index (χ1) is 8.79. The van der Waals surface area contributed by atoms with E-state index in [9.17, 15) is 0 Å². The molecule has 1 aliphatic rings. The van der Waals surface area contributed by atoms with Gasteiger partial charge in [-0.25, -0.2) is 0 Å². The fourth-order valence-electron chi connectivity index (χ4n) is 2.75. The van der Waals surface area contributed by atoms with E-state index in [2.05, 4.69) is 36.1 Å². The van der Waals surface area contributed by atoms with Gasteiger partial charge in [0.05, 0.1) is 0 Å². The van der Waals surface area contributed by atoms with Crippen molar-refractivity contribution in [2.75, 3.05) is 19.6 Å². The first kappa shape index (κ1) is 13.6. The van der Waals surface area contributed by atoms with Gasteiger partial charge in [-0.1, -0.05) is 44.0 Å². The third-order valence-corrected chi connectivity index (χ3v) is 3.85. The van der Waals surface area contributed by atoms with E-state index in [0.717, 1.165) is 6.54 Å². The molecule has 0 amide bonds. The van der Waals surface area contributed by atoms with Crippen LogP contribution in [0.15, 0.2) is 24.3 Å². The number of benzene rings is 1. The van der Waals surface area contributed by atoms with Crippen molar-refractivity contribution < 1.29 is 0 Å². The zero-order chi connectivity index (χ0) is 12.8. The van der Waals surface area contributed by atoms with Gasteiger partial charge in [-0.05, 0) is 43.5 Å². The Hall–Kier alpha value is -0.860. The standard InChI is InChI=1S/C16H26N2/c1-2-6-14-7-9-15(10-8-14)16(17)13-18-11-4-3-5-12-18/h7-10,16H,2-6,11-13,17H2,1H3. The molecule has 0 radical (unpaired) electrons. The van der Waals surface area contributed by atoms with Crippen LogP contribution in [-0.2, 0) is 6.42 Å². The van der Waals surface area contributed by atoms with Crippen LogP contribution in [0.2, 0.25) is 0 Å². The van der Waals surface area contributed by atoms with Gasteiger partial charge in [-0.3, -0.25) is 0 Å². The average molecular weight is 246 g/mol. The van der Waals surface area contributed by atoms with Crippen LogP contribution in [0.25, 0.3) is 0 Å². The third kappa shape index (κ3) is 3.82. The number of rotatable bonds is 5. The van der Waals surface area contributed by atoms with Crippen LogP contribution in [0.3, 0.4) is 0 Å². The van der Waals surface area contributed by atoms with Crippen LogP contribution in [0.1, 0.15) is 49.8 Å². The molecule has 1 aromatic carbocycles. The molecule has 1 heterocycles.